The molecule has 0 aliphatic carbocycles. The summed E-state index contributed by atoms with van der Waals surface area (Å²) in [5.41, 5.74) is 9.50. The average molecular weight is 431 g/mol. The summed E-state index contributed by atoms with van der Waals surface area (Å²) in [7, 11) is 0. The first kappa shape index (κ1) is 22.4. The Hall–Kier alpha value is -3.84. The van der Waals surface area contributed by atoms with Gasteiger partial charge in [-0.1, -0.05) is 97.1 Å². The van der Waals surface area contributed by atoms with Crippen LogP contribution in [0.2, 0.25) is 0 Å². The van der Waals surface area contributed by atoms with Crippen LogP contribution in [-0.4, -0.2) is 0 Å². The molecule has 1 heteroatoms. The van der Waals surface area contributed by atoms with Gasteiger partial charge in [0.1, 0.15) is 11.5 Å². The van der Waals surface area contributed by atoms with E-state index < -0.39 is 0 Å². The molecule has 0 aliphatic heterocycles. The number of aryl methyl sites for hydroxylation is 2. The summed E-state index contributed by atoms with van der Waals surface area (Å²) in [6, 6.07) is 33.4. The van der Waals surface area contributed by atoms with Crippen LogP contribution in [0, 0.1) is 13.8 Å². The normalized spacial score (nSPS) is 12.0. The SMILES string of the molecule is CC(=Cc1ccccc1C)c1ccccc1Oc1ccccc1C(C)=Cc1ccccc1C. The lowest BCUT2D eigenvalue weighted by molar-refractivity contribution is 0.479. The number of rotatable bonds is 6. The van der Waals surface area contributed by atoms with E-state index >= 15 is 0 Å². The molecule has 33 heavy (non-hydrogen) atoms. The highest BCUT2D eigenvalue weighted by Gasteiger charge is 2.11. The number of ether oxygens (including phenoxy) is 1. The topological polar surface area (TPSA) is 9.23 Å². The molecule has 4 aromatic rings. The van der Waals surface area contributed by atoms with Crippen LogP contribution < -0.4 is 4.74 Å². The number of benzene rings is 4. The van der Waals surface area contributed by atoms with Crippen molar-refractivity contribution in [3.05, 3.63) is 130 Å². The van der Waals surface area contributed by atoms with E-state index in [1.807, 2.05) is 24.3 Å². The highest BCUT2D eigenvalue weighted by Crippen LogP contribution is 2.35. The molecule has 0 amide bonds. The lowest BCUT2D eigenvalue weighted by atomic mass is 10.00. The minimum absolute atomic E-state index is 0.857. The Kier molecular flexibility index (Phi) is 6.90. The van der Waals surface area contributed by atoms with E-state index in [0.717, 1.165) is 22.6 Å². The van der Waals surface area contributed by atoms with Gasteiger partial charge in [0.15, 0.2) is 0 Å². The van der Waals surface area contributed by atoms with E-state index in [9.17, 15) is 0 Å². The summed E-state index contributed by atoms with van der Waals surface area (Å²) in [6.07, 6.45) is 4.46. The lowest BCUT2D eigenvalue weighted by Crippen LogP contribution is -1.94. The smallest absolute Gasteiger partial charge is 0.134 e. The standard InChI is InChI=1S/C32H30O/c1-23-13-5-7-15-27(23)21-25(3)29-17-9-11-19-31(29)33-32-20-12-10-18-30(32)26(4)22-28-16-8-6-14-24(28)2/h5-22H,1-4H3. The maximum absolute atomic E-state index is 6.54. The quantitative estimate of drug-likeness (QED) is 0.277. The Morgan fingerprint density at radius 1 is 0.515 bits per heavy atom. The number of para-hydroxylation sites is 2. The fraction of sp³-hybridized carbons (Fsp3) is 0.125. The van der Waals surface area contributed by atoms with Crippen LogP contribution in [0.4, 0.5) is 0 Å². The van der Waals surface area contributed by atoms with Crippen LogP contribution in [0.15, 0.2) is 97.1 Å². The van der Waals surface area contributed by atoms with Gasteiger partial charge in [0, 0.05) is 11.1 Å². The molecule has 0 saturated carbocycles. The molecule has 0 atom stereocenters. The van der Waals surface area contributed by atoms with Gasteiger partial charge in [-0.15, -0.1) is 0 Å². The fourth-order valence-electron chi connectivity index (χ4n) is 4.00. The van der Waals surface area contributed by atoms with Crippen molar-refractivity contribution in [1.82, 2.24) is 0 Å². The molecule has 164 valence electrons. The zero-order valence-electron chi connectivity index (χ0n) is 19.8. The molecule has 4 aromatic carbocycles. The first-order valence-electron chi connectivity index (χ1n) is 11.4. The van der Waals surface area contributed by atoms with Gasteiger partial charge < -0.3 is 4.74 Å². The zero-order chi connectivity index (χ0) is 23.2. The van der Waals surface area contributed by atoms with Gasteiger partial charge in [-0.3, -0.25) is 0 Å². The summed E-state index contributed by atoms with van der Waals surface area (Å²) in [4.78, 5) is 0. The van der Waals surface area contributed by atoms with Crippen molar-refractivity contribution < 1.29 is 4.74 Å². The molecule has 0 fully saturated rings. The summed E-state index contributed by atoms with van der Waals surface area (Å²) in [6.45, 7) is 8.57. The van der Waals surface area contributed by atoms with Gasteiger partial charge in [-0.2, -0.15) is 0 Å². The molecule has 1 nitrogen and oxygen atoms in total. The average Bonchev–Trinajstić information content (AvgIpc) is 2.82. The van der Waals surface area contributed by atoms with Crippen LogP contribution in [0.5, 0.6) is 11.5 Å². The minimum atomic E-state index is 0.857. The van der Waals surface area contributed by atoms with Crippen LogP contribution in [-0.2, 0) is 0 Å². The molecule has 0 N–H and O–H groups in total. The Bertz CT molecular complexity index is 1220. The van der Waals surface area contributed by atoms with Crippen LogP contribution in [0.25, 0.3) is 23.3 Å². The molecule has 0 spiro atoms. The van der Waals surface area contributed by atoms with Gasteiger partial charge >= 0.3 is 0 Å². The van der Waals surface area contributed by atoms with Crippen molar-refractivity contribution in [3.63, 3.8) is 0 Å². The van der Waals surface area contributed by atoms with E-state index in [1.165, 1.54) is 33.4 Å². The van der Waals surface area contributed by atoms with Gasteiger partial charge in [0.2, 0.25) is 0 Å². The van der Waals surface area contributed by atoms with Crippen LogP contribution >= 0.6 is 0 Å². The Morgan fingerprint density at radius 3 is 1.30 bits per heavy atom. The number of allylic oxidation sites excluding steroid dienone is 2. The van der Waals surface area contributed by atoms with Gasteiger partial charge in [0.05, 0.1) is 0 Å². The second-order valence-electron chi connectivity index (χ2n) is 8.46. The Morgan fingerprint density at radius 2 is 0.879 bits per heavy atom. The van der Waals surface area contributed by atoms with E-state index in [0.29, 0.717) is 0 Å². The molecule has 0 aromatic heterocycles. The maximum Gasteiger partial charge on any atom is 0.134 e. The highest BCUT2D eigenvalue weighted by molar-refractivity contribution is 5.85. The van der Waals surface area contributed by atoms with E-state index in [4.69, 9.17) is 4.74 Å². The maximum atomic E-state index is 6.54. The lowest BCUT2D eigenvalue weighted by Gasteiger charge is -2.15. The van der Waals surface area contributed by atoms with Gasteiger partial charge in [0.25, 0.3) is 0 Å². The molecule has 4 rings (SSSR count). The summed E-state index contributed by atoms with van der Waals surface area (Å²) >= 11 is 0. The fourth-order valence-corrected chi connectivity index (χ4v) is 4.00. The highest BCUT2D eigenvalue weighted by atomic mass is 16.5. The minimum Gasteiger partial charge on any atom is -0.456 e. The number of hydrogen-bond donors (Lipinski definition) is 0. The third kappa shape index (κ3) is 5.32. The van der Waals surface area contributed by atoms with Crippen molar-refractivity contribution in [3.8, 4) is 11.5 Å². The molecule has 0 bridgehead atoms. The van der Waals surface area contributed by atoms with E-state index in [2.05, 4.69) is 113 Å². The third-order valence-corrected chi connectivity index (χ3v) is 5.96. The summed E-state index contributed by atoms with van der Waals surface area (Å²) in [5.74, 6) is 1.71. The zero-order valence-corrected chi connectivity index (χ0v) is 19.8. The van der Waals surface area contributed by atoms with Crippen molar-refractivity contribution in [2.45, 2.75) is 27.7 Å². The Balaban J connectivity index is 1.69. The number of hydrogen-bond acceptors (Lipinski definition) is 1. The molecule has 0 aliphatic rings. The van der Waals surface area contributed by atoms with Crippen molar-refractivity contribution in [2.75, 3.05) is 0 Å². The second-order valence-corrected chi connectivity index (χ2v) is 8.46. The second kappa shape index (κ2) is 10.2. The first-order chi connectivity index (χ1) is 16.0. The van der Waals surface area contributed by atoms with Crippen molar-refractivity contribution >= 4 is 23.3 Å². The predicted molar refractivity (Wildman–Crippen MR) is 142 cm³/mol. The summed E-state index contributed by atoms with van der Waals surface area (Å²) < 4.78 is 6.54. The molecular weight excluding hydrogens is 400 g/mol. The molecule has 0 heterocycles. The van der Waals surface area contributed by atoms with Crippen molar-refractivity contribution in [1.29, 1.82) is 0 Å². The van der Waals surface area contributed by atoms with Crippen LogP contribution in [0.3, 0.4) is 0 Å². The Labute approximate surface area is 197 Å². The summed E-state index contributed by atoms with van der Waals surface area (Å²) in [5, 5.41) is 0. The largest absolute Gasteiger partial charge is 0.456 e. The van der Waals surface area contributed by atoms with Crippen LogP contribution in [0.1, 0.15) is 47.2 Å². The predicted octanol–water partition coefficient (Wildman–Crippen LogP) is 9.22. The first-order valence-corrected chi connectivity index (χ1v) is 11.4. The van der Waals surface area contributed by atoms with E-state index in [-0.39, 0.29) is 0 Å². The molecule has 0 unspecified atom stereocenters. The third-order valence-electron chi connectivity index (χ3n) is 5.96. The molecule has 0 saturated heterocycles. The molecule has 0 radical (unpaired) electrons. The van der Waals surface area contributed by atoms with Gasteiger partial charge in [-0.25, -0.2) is 0 Å². The molecular formula is C32H30O. The van der Waals surface area contributed by atoms with Gasteiger partial charge in [-0.05, 0) is 73.2 Å². The van der Waals surface area contributed by atoms with E-state index in [1.54, 1.807) is 0 Å². The monoisotopic (exact) mass is 430 g/mol. The van der Waals surface area contributed by atoms with Crippen molar-refractivity contribution in [2.24, 2.45) is 0 Å².